The Hall–Kier alpha value is -3.29. The van der Waals surface area contributed by atoms with Crippen LogP contribution in [0.4, 0.5) is 14.7 Å². The normalized spacial score (nSPS) is 10.8. The van der Waals surface area contributed by atoms with Gasteiger partial charge in [0.15, 0.2) is 0 Å². The van der Waals surface area contributed by atoms with Crippen molar-refractivity contribution < 1.29 is 18.4 Å². The Bertz CT molecular complexity index is 1020. The maximum absolute atomic E-state index is 13.6. The van der Waals surface area contributed by atoms with E-state index in [1.54, 1.807) is 0 Å². The van der Waals surface area contributed by atoms with Crippen molar-refractivity contribution in [1.29, 1.82) is 0 Å². The van der Waals surface area contributed by atoms with Crippen molar-refractivity contribution in [2.24, 2.45) is 0 Å². The van der Waals surface area contributed by atoms with Gasteiger partial charge < -0.3 is 9.88 Å². The number of para-hydroxylation sites is 2. The minimum absolute atomic E-state index is 0.00941. The van der Waals surface area contributed by atoms with E-state index in [-0.39, 0.29) is 24.4 Å². The molecule has 1 heterocycles. The minimum Gasteiger partial charge on any atom is -0.351 e. The first-order chi connectivity index (χ1) is 13.5. The average molecular weight is 386 g/mol. The average Bonchev–Trinajstić information content (AvgIpc) is 2.99. The van der Waals surface area contributed by atoms with E-state index in [1.807, 2.05) is 35.8 Å². The summed E-state index contributed by atoms with van der Waals surface area (Å²) in [5.41, 5.74) is 1.44. The third kappa shape index (κ3) is 4.33. The van der Waals surface area contributed by atoms with Crippen molar-refractivity contribution in [2.75, 3.05) is 11.9 Å². The molecule has 6 nitrogen and oxygen atoms in total. The molecular weight excluding hydrogens is 366 g/mol. The smallest absolute Gasteiger partial charge is 0.254 e. The zero-order chi connectivity index (χ0) is 20.1. The largest absolute Gasteiger partial charge is 0.351 e. The van der Waals surface area contributed by atoms with Crippen LogP contribution in [0.5, 0.6) is 0 Å². The zero-order valence-corrected chi connectivity index (χ0v) is 15.3. The standard InChI is InChI=1S/C20H20F2N4O2/c1-2-11-26-17-6-4-3-5-16(17)24-20(26)25-18(27)9-10-23-19(28)14-8-7-13(21)12-15(14)22/h3-8,12H,2,9-11H2,1H3,(H,23,28)(H,24,25,27). The number of fused-ring (bicyclic) bond motifs is 1. The Morgan fingerprint density at radius 2 is 1.93 bits per heavy atom. The minimum atomic E-state index is -0.949. The van der Waals surface area contributed by atoms with E-state index in [0.29, 0.717) is 18.6 Å². The van der Waals surface area contributed by atoms with Crippen LogP contribution in [0.1, 0.15) is 30.1 Å². The van der Waals surface area contributed by atoms with Gasteiger partial charge in [-0.2, -0.15) is 0 Å². The summed E-state index contributed by atoms with van der Waals surface area (Å²) >= 11 is 0. The third-order valence-electron chi connectivity index (χ3n) is 4.17. The number of aromatic nitrogens is 2. The Morgan fingerprint density at radius 3 is 2.68 bits per heavy atom. The molecule has 0 atom stereocenters. The molecule has 0 radical (unpaired) electrons. The molecule has 0 fully saturated rings. The number of imidazole rings is 1. The van der Waals surface area contributed by atoms with Crippen molar-refractivity contribution in [3.63, 3.8) is 0 Å². The van der Waals surface area contributed by atoms with E-state index in [0.717, 1.165) is 29.6 Å². The van der Waals surface area contributed by atoms with Gasteiger partial charge in [-0.15, -0.1) is 0 Å². The molecule has 2 N–H and O–H groups in total. The highest BCUT2D eigenvalue weighted by atomic mass is 19.1. The second-order valence-electron chi connectivity index (χ2n) is 6.25. The number of nitrogens with zero attached hydrogens (tertiary/aromatic N) is 2. The molecule has 0 saturated carbocycles. The van der Waals surface area contributed by atoms with E-state index in [4.69, 9.17) is 0 Å². The summed E-state index contributed by atoms with van der Waals surface area (Å²) < 4.78 is 28.4. The molecule has 146 valence electrons. The summed E-state index contributed by atoms with van der Waals surface area (Å²) in [7, 11) is 0. The summed E-state index contributed by atoms with van der Waals surface area (Å²) in [6.07, 6.45) is 0.867. The van der Waals surface area contributed by atoms with E-state index >= 15 is 0 Å². The maximum Gasteiger partial charge on any atom is 0.254 e. The maximum atomic E-state index is 13.6. The highest BCUT2D eigenvalue weighted by Gasteiger charge is 2.15. The van der Waals surface area contributed by atoms with Crippen molar-refractivity contribution in [3.8, 4) is 0 Å². The Balaban J connectivity index is 1.59. The zero-order valence-electron chi connectivity index (χ0n) is 15.3. The Morgan fingerprint density at radius 1 is 1.14 bits per heavy atom. The molecule has 3 aromatic rings. The van der Waals surface area contributed by atoms with E-state index in [2.05, 4.69) is 15.6 Å². The molecule has 2 aromatic carbocycles. The lowest BCUT2D eigenvalue weighted by Gasteiger charge is -2.09. The SMILES string of the molecule is CCCn1c(NC(=O)CCNC(=O)c2ccc(F)cc2F)nc2ccccc21. The van der Waals surface area contributed by atoms with Gasteiger partial charge in [-0.05, 0) is 30.7 Å². The molecule has 0 saturated heterocycles. The van der Waals surface area contributed by atoms with Crippen LogP contribution in [-0.2, 0) is 11.3 Å². The van der Waals surface area contributed by atoms with Gasteiger partial charge in [0.25, 0.3) is 5.91 Å². The van der Waals surface area contributed by atoms with E-state index in [1.165, 1.54) is 0 Å². The molecule has 2 amide bonds. The Labute approximate surface area is 160 Å². The first kappa shape index (κ1) is 19.5. The number of benzene rings is 2. The summed E-state index contributed by atoms with van der Waals surface area (Å²) in [5.74, 6) is -2.29. The molecule has 8 heteroatoms. The number of hydrogen-bond donors (Lipinski definition) is 2. The quantitative estimate of drug-likeness (QED) is 0.653. The fourth-order valence-corrected chi connectivity index (χ4v) is 2.87. The van der Waals surface area contributed by atoms with Gasteiger partial charge in [0, 0.05) is 25.6 Å². The second kappa shape index (κ2) is 8.60. The summed E-state index contributed by atoms with van der Waals surface area (Å²) in [6, 6.07) is 10.3. The second-order valence-corrected chi connectivity index (χ2v) is 6.25. The number of amides is 2. The monoisotopic (exact) mass is 386 g/mol. The van der Waals surface area contributed by atoms with Gasteiger partial charge in [0.1, 0.15) is 11.6 Å². The number of anilines is 1. The van der Waals surface area contributed by atoms with Crippen LogP contribution in [0, 0.1) is 11.6 Å². The van der Waals surface area contributed by atoms with Crippen LogP contribution >= 0.6 is 0 Å². The lowest BCUT2D eigenvalue weighted by molar-refractivity contribution is -0.116. The van der Waals surface area contributed by atoms with E-state index in [9.17, 15) is 18.4 Å². The van der Waals surface area contributed by atoms with Gasteiger partial charge in [0.05, 0.1) is 16.6 Å². The molecule has 0 aliphatic heterocycles. The molecule has 28 heavy (non-hydrogen) atoms. The van der Waals surface area contributed by atoms with Crippen LogP contribution in [0.3, 0.4) is 0 Å². The van der Waals surface area contributed by atoms with Crippen LogP contribution in [0.2, 0.25) is 0 Å². The van der Waals surface area contributed by atoms with Gasteiger partial charge in [-0.25, -0.2) is 13.8 Å². The number of halogens is 2. The van der Waals surface area contributed by atoms with Crippen molar-refractivity contribution >= 4 is 28.8 Å². The van der Waals surface area contributed by atoms with E-state index < -0.39 is 17.5 Å². The summed E-state index contributed by atoms with van der Waals surface area (Å²) in [5, 5.41) is 5.21. The summed E-state index contributed by atoms with van der Waals surface area (Å²) in [4.78, 5) is 28.6. The Kier molecular flexibility index (Phi) is 5.98. The van der Waals surface area contributed by atoms with Crippen molar-refractivity contribution in [2.45, 2.75) is 26.3 Å². The first-order valence-corrected chi connectivity index (χ1v) is 8.98. The molecule has 0 unspecified atom stereocenters. The van der Waals surface area contributed by atoms with Crippen LogP contribution in [0.15, 0.2) is 42.5 Å². The highest BCUT2D eigenvalue weighted by molar-refractivity contribution is 5.95. The number of carbonyl (C=O) groups excluding carboxylic acids is 2. The number of aryl methyl sites for hydroxylation is 1. The molecule has 3 rings (SSSR count). The summed E-state index contributed by atoms with van der Waals surface area (Å²) in [6.45, 7) is 2.75. The van der Waals surface area contributed by atoms with Crippen molar-refractivity contribution in [1.82, 2.24) is 14.9 Å². The van der Waals surface area contributed by atoms with Crippen LogP contribution in [0.25, 0.3) is 11.0 Å². The molecule has 0 aliphatic carbocycles. The van der Waals surface area contributed by atoms with Gasteiger partial charge in [-0.1, -0.05) is 19.1 Å². The lowest BCUT2D eigenvalue weighted by atomic mass is 10.2. The molecular formula is C20H20F2N4O2. The third-order valence-corrected chi connectivity index (χ3v) is 4.17. The number of hydrogen-bond acceptors (Lipinski definition) is 3. The van der Waals surface area contributed by atoms with Gasteiger partial charge in [-0.3, -0.25) is 14.9 Å². The van der Waals surface area contributed by atoms with Crippen molar-refractivity contribution in [3.05, 3.63) is 59.7 Å². The van der Waals surface area contributed by atoms with Gasteiger partial charge >= 0.3 is 0 Å². The topological polar surface area (TPSA) is 76.0 Å². The predicted octanol–water partition coefficient (Wildman–Crippen LogP) is 3.48. The molecule has 0 aliphatic rings. The number of carbonyl (C=O) groups is 2. The predicted molar refractivity (Wildman–Crippen MR) is 102 cm³/mol. The number of nitrogens with one attached hydrogen (secondary N) is 2. The molecule has 1 aromatic heterocycles. The fourth-order valence-electron chi connectivity index (χ4n) is 2.87. The lowest BCUT2D eigenvalue weighted by Crippen LogP contribution is -2.28. The molecule has 0 spiro atoms. The van der Waals surface area contributed by atoms with Crippen LogP contribution in [-0.4, -0.2) is 27.9 Å². The number of rotatable bonds is 7. The van der Waals surface area contributed by atoms with Crippen LogP contribution < -0.4 is 10.6 Å². The first-order valence-electron chi connectivity index (χ1n) is 8.98. The molecule has 0 bridgehead atoms. The highest BCUT2D eigenvalue weighted by Crippen LogP contribution is 2.20. The fraction of sp³-hybridized carbons (Fsp3) is 0.250. The van der Waals surface area contributed by atoms with Gasteiger partial charge in [0.2, 0.25) is 11.9 Å².